The van der Waals surface area contributed by atoms with Crippen molar-refractivity contribution in [2.75, 3.05) is 5.75 Å². The van der Waals surface area contributed by atoms with Crippen molar-refractivity contribution < 1.29 is 4.39 Å². The third-order valence-electron chi connectivity index (χ3n) is 3.80. The molecule has 1 atom stereocenters. The Kier molecular flexibility index (Phi) is 3.39. The van der Waals surface area contributed by atoms with Crippen LogP contribution >= 0.6 is 11.8 Å². The van der Waals surface area contributed by atoms with Crippen molar-refractivity contribution in [2.45, 2.75) is 49.1 Å². The van der Waals surface area contributed by atoms with E-state index in [1.807, 2.05) is 17.8 Å². The molecule has 17 heavy (non-hydrogen) atoms. The van der Waals surface area contributed by atoms with Crippen LogP contribution in [0, 0.1) is 5.82 Å². The second kappa shape index (κ2) is 4.99. The number of halogens is 1. The van der Waals surface area contributed by atoms with Gasteiger partial charge >= 0.3 is 0 Å². The largest absolute Gasteiger partial charge is 0.307 e. The Balaban J connectivity index is 1.80. The monoisotopic (exact) mass is 251 g/mol. The highest BCUT2D eigenvalue weighted by molar-refractivity contribution is 7.99. The minimum absolute atomic E-state index is 0.107. The van der Waals surface area contributed by atoms with E-state index in [0.29, 0.717) is 12.1 Å². The van der Waals surface area contributed by atoms with Crippen LogP contribution < -0.4 is 5.32 Å². The highest BCUT2D eigenvalue weighted by atomic mass is 32.2. The van der Waals surface area contributed by atoms with Gasteiger partial charge in [0.15, 0.2) is 0 Å². The predicted octanol–water partition coefficient (Wildman–Crippen LogP) is 3.89. The lowest BCUT2D eigenvalue weighted by molar-refractivity contribution is 0.423. The predicted molar refractivity (Wildman–Crippen MR) is 69.9 cm³/mol. The standard InChI is InChI=1S/C14H18FNS/c15-10-5-6-14-12(9-10)13(7-8-17-14)16-11-3-1-2-4-11/h5-6,9,11,13,16H,1-4,7-8H2. The first-order valence-corrected chi connectivity index (χ1v) is 7.50. The molecular formula is C14H18FNS. The molecule has 3 heteroatoms. The Morgan fingerprint density at radius 2 is 2.00 bits per heavy atom. The van der Waals surface area contributed by atoms with E-state index >= 15 is 0 Å². The molecule has 0 bridgehead atoms. The maximum Gasteiger partial charge on any atom is 0.123 e. The first-order valence-electron chi connectivity index (χ1n) is 6.51. The summed E-state index contributed by atoms with van der Waals surface area (Å²) in [5, 5.41) is 3.72. The summed E-state index contributed by atoms with van der Waals surface area (Å²) in [5.41, 5.74) is 1.17. The van der Waals surface area contributed by atoms with Crippen LogP contribution in [0.3, 0.4) is 0 Å². The fourth-order valence-corrected chi connectivity index (χ4v) is 4.02. The van der Waals surface area contributed by atoms with Crippen LogP contribution in [0.5, 0.6) is 0 Å². The van der Waals surface area contributed by atoms with E-state index in [9.17, 15) is 4.39 Å². The van der Waals surface area contributed by atoms with Gasteiger partial charge in [0.25, 0.3) is 0 Å². The Morgan fingerprint density at radius 3 is 2.82 bits per heavy atom. The van der Waals surface area contributed by atoms with Gasteiger partial charge in [-0.05, 0) is 48.8 Å². The third-order valence-corrected chi connectivity index (χ3v) is 4.93. The molecule has 1 fully saturated rings. The van der Waals surface area contributed by atoms with Crippen molar-refractivity contribution in [3.8, 4) is 0 Å². The number of hydrogen-bond donors (Lipinski definition) is 1. The summed E-state index contributed by atoms with van der Waals surface area (Å²) in [6.45, 7) is 0. The minimum Gasteiger partial charge on any atom is -0.307 e. The number of fused-ring (bicyclic) bond motifs is 1. The second-order valence-corrected chi connectivity index (χ2v) is 6.16. The molecule has 1 aromatic rings. The first kappa shape index (κ1) is 11.5. The molecule has 0 spiro atoms. The lowest BCUT2D eigenvalue weighted by Crippen LogP contribution is -2.32. The minimum atomic E-state index is -0.107. The molecule has 1 aliphatic carbocycles. The van der Waals surface area contributed by atoms with Gasteiger partial charge in [-0.1, -0.05) is 12.8 Å². The zero-order chi connectivity index (χ0) is 11.7. The molecular weight excluding hydrogens is 233 g/mol. The lowest BCUT2D eigenvalue weighted by atomic mass is 10.0. The van der Waals surface area contributed by atoms with E-state index < -0.39 is 0 Å². The first-order chi connectivity index (χ1) is 8.33. The summed E-state index contributed by atoms with van der Waals surface area (Å²) in [7, 11) is 0. The van der Waals surface area contributed by atoms with Crippen molar-refractivity contribution in [1.29, 1.82) is 0 Å². The summed E-state index contributed by atoms with van der Waals surface area (Å²) in [6, 6.07) is 6.24. The van der Waals surface area contributed by atoms with E-state index in [1.165, 1.54) is 36.1 Å². The summed E-state index contributed by atoms with van der Waals surface area (Å²) in [6.07, 6.45) is 6.38. The number of rotatable bonds is 2. The normalized spacial score (nSPS) is 24.9. The number of hydrogen-bond acceptors (Lipinski definition) is 2. The van der Waals surface area contributed by atoms with Crippen LogP contribution in [0.2, 0.25) is 0 Å². The molecule has 0 aromatic heterocycles. The fraction of sp³-hybridized carbons (Fsp3) is 0.571. The molecule has 1 aliphatic heterocycles. The molecule has 3 rings (SSSR count). The Morgan fingerprint density at radius 1 is 1.18 bits per heavy atom. The zero-order valence-corrected chi connectivity index (χ0v) is 10.7. The van der Waals surface area contributed by atoms with Crippen molar-refractivity contribution >= 4 is 11.8 Å². The van der Waals surface area contributed by atoms with Crippen LogP contribution in [0.25, 0.3) is 0 Å². The second-order valence-electron chi connectivity index (χ2n) is 5.02. The summed E-state index contributed by atoms with van der Waals surface area (Å²) in [5.74, 6) is 1.03. The van der Waals surface area contributed by atoms with Crippen LogP contribution in [0.4, 0.5) is 4.39 Å². The Labute approximate surface area is 106 Å². The molecule has 92 valence electrons. The van der Waals surface area contributed by atoms with E-state index in [-0.39, 0.29) is 5.82 Å². The van der Waals surface area contributed by atoms with Gasteiger partial charge in [-0.15, -0.1) is 11.8 Å². The Bertz CT molecular complexity index is 401. The smallest absolute Gasteiger partial charge is 0.123 e. The maximum absolute atomic E-state index is 13.3. The average molecular weight is 251 g/mol. The molecule has 1 aromatic carbocycles. The van der Waals surface area contributed by atoms with E-state index in [2.05, 4.69) is 5.32 Å². The van der Waals surface area contributed by atoms with Crippen LogP contribution in [0.15, 0.2) is 23.1 Å². The zero-order valence-electron chi connectivity index (χ0n) is 9.92. The topological polar surface area (TPSA) is 12.0 Å². The maximum atomic E-state index is 13.3. The quantitative estimate of drug-likeness (QED) is 0.855. The summed E-state index contributed by atoms with van der Waals surface area (Å²) in [4.78, 5) is 1.26. The molecule has 1 unspecified atom stereocenters. The third kappa shape index (κ3) is 2.50. The SMILES string of the molecule is Fc1ccc2c(c1)C(NC1CCCC1)CCS2. The fourth-order valence-electron chi connectivity index (χ4n) is 2.92. The number of benzene rings is 1. The van der Waals surface area contributed by atoms with Gasteiger partial charge in [0, 0.05) is 17.0 Å². The molecule has 0 saturated heterocycles. The van der Waals surface area contributed by atoms with Crippen LogP contribution in [0.1, 0.15) is 43.7 Å². The van der Waals surface area contributed by atoms with Gasteiger partial charge in [-0.2, -0.15) is 0 Å². The number of nitrogens with one attached hydrogen (secondary N) is 1. The molecule has 1 nitrogen and oxygen atoms in total. The molecule has 2 aliphatic rings. The molecule has 0 amide bonds. The van der Waals surface area contributed by atoms with E-state index in [4.69, 9.17) is 0 Å². The lowest BCUT2D eigenvalue weighted by Gasteiger charge is -2.28. The van der Waals surface area contributed by atoms with Crippen LogP contribution in [-0.2, 0) is 0 Å². The van der Waals surface area contributed by atoms with Gasteiger partial charge in [0.1, 0.15) is 5.82 Å². The van der Waals surface area contributed by atoms with Gasteiger partial charge < -0.3 is 5.32 Å². The van der Waals surface area contributed by atoms with Gasteiger partial charge in [0.2, 0.25) is 0 Å². The van der Waals surface area contributed by atoms with Gasteiger partial charge in [-0.3, -0.25) is 0 Å². The highest BCUT2D eigenvalue weighted by Crippen LogP contribution is 2.37. The number of thioether (sulfide) groups is 1. The van der Waals surface area contributed by atoms with Gasteiger partial charge in [-0.25, -0.2) is 4.39 Å². The van der Waals surface area contributed by atoms with Crippen molar-refractivity contribution in [1.82, 2.24) is 5.32 Å². The van der Waals surface area contributed by atoms with Crippen molar-refractivity contribution in [2.24, 2.45) is 0 Å². The average Bonchev–Trinajstić information content (AvgIpc) is 2.83. The van der Waals surface area contributed by atoms with Crippen molar-refractivity contribution in [3.63, 3.8) is 0 Å². The summed E-state index contributed by atoms with van der Waals surface area (Å²) >= 11 is 1.85. The van der Waals surface area contributed by atoms with Gasteiger partial charge in [0.05, 0.1) is 0 Å². The molecule has 1 saturated carbocycles. The van der Waals surface area contributed by atoms with Crippen molar-refractivity contribution in [3.05, 3.63) is 29.6 Å². The van der Waals surface area contributed by atoms with Crippen LogP contribution in [-0.4, -0.2) is 11.8 Å². The van der Waals surface area contributed by atoms with E-state index in [0.717, 1.165) is 12.2 Å². The Hall–Kier alpha value is -0.540. The molecule has 1 heterocycles. The molecule has 1 N–H and O–H groups in total. The molecule has 0 radical (unpaired) electrons. The van der Waals surface area contributed by atoms with E-state index in [1.54, 1.807) is 12.1 Å². The summed E-state index contributed by atoms with van der Waals surface area (Å²) < 4.78 is 13.3. The highest BCUT2D eigenvalue weighted by Gasteiger charge is 2.25.